The van der Waals surface area contributed by atoms with Gasteiger partial charge in [0.15, 0.2) is 9.84 Å². The van der Waals surface area contributed by atoms with Crippen LogP contribution in [0.15, 0.2) is 6.07 Å². The molecule has 0 aliphatic carbocycles. The quantitative estimate of drug-likeness (QED) is 0.799. The Labute approximate surface area is 108 Å². The molecule has 1 N–H and O–H groups in total. The highest BCUT2D eigenvalue weighted by atomic mass is 32.2. The molecule has 1 rings (SSSR count). The van der Waals surface area contributed by atoms with Crippen molar-refractivity contribution in [3.63, 3.8) is 0 Å². The lowest BCUT2D eigenvalue weighted by Gasteiger charge is -2.08. The Morgan fingerprint density at radius 3 is 2.67 bits per heavy atom. The first kappa shape index (κ1) is 14.7. The predicted molar refractivity (Wildman–Crippen MR) is 70.8 cm³/mol. The molecule has 102 valence electrons. The van der Waals surface area contributed by atoms with Crippen LogP contribution in [0, 0.1) is 6.92 Å². The van der Waals surface area contributed by atoms with E-state index >= 15 is 0 Å². The summed E-state index contributed by atoms with van der Waals surface area (Å²) in [4.78, 5) is 8.27. The Morgan fingerprint density at radius 1 is 1.33 bits per heavy atom. The summed E-state index contributed by atoms with van der Waals surface area (Å²) in [6.07, 6.45) is 0. The summed E-state index contributed by atoms with van der Waals surface area (Å²) in [6, 6.07) is 1.66. The molecule has 0 bridgehead atoms. The Balaban J connectivity index is 2.62. The molecule has 0 aromatic carbocycles. The zero-order chi connectivity index (χ0) is 13.6. The molecule has 0 amide bonds. The molecule has 18 heavy (non-hydrogen) atoms. The normalized spacial score (nSPS) is 11.3. The summed E-state index contributed by atoms with van der Waals surface area (Å²) < 4.78 is 27.9. The number of anilines is 1. The predicted octanol–water partition coefficient (Wildman–Crippen LogP) is 1.03. The van der Waals surface area contributed by atoms with Gasteiger partial charge >= 0.3 is 0 Å². The molecule has 0 radical (unpaired) electrons. The first-order valence-electron chi connectivity index (χ1n) is 5.89. The number of nitrogens with one attached hydrogen (secondary N) is 1. The lowest BCUT2D eigenvalue weighted by molar-refractivity contribution is 0.325. The van der Waals surface area contributed by atoms with Gasteiger partial charge in [0, 0.05) is 18.4 Å². The molecule has 1 heterocycles. The fraction of sp³-hybridized carbons (Fsp3) is 0.636. The minimum atomic E-state index is -2.96. The molecule has 1 aromatic rings. The van der Waals surface area contributed by atoms with E-state index in [4.69, 9.17) is 4.74 Å². The SMILES string of the molecule is CCOc1cc(NCCS(=O)(=O)CC)nc(C)n1. The minimum Gasteiger partial charge on any atom is -0.478 e. The number of sulfone groups is 1. The van der Waals surface area contributed by atoms with Crippen molar-refractivity contribution in [2.45, 2.75) is 20.8 Å². The number of nitrogens with zero attached hydrogens (tertiary/aromatic N) is 2. The van der Waals surface area contributed by atoms with Crippen molar-refractivity contribution in [1.82, 2.24) is 9.97 Å². The molecule has 0 aliphatic rings. The van der Waals surface area contributed by atoms with Gasteiger partial charge in [-0.2, -0.15) is 4.98 Å². The standard InChI is InChI=1S/C11H19N3O3S/c1-4-17-11-8-10(13-9(3)14-11)12-6-7-18(15,16)5-2/h8H,4-7H2,1-3H3,(H,12,13,14). The lowest BCUT2D eigenvalue weighted by atomic mass is 10.5. The first-order chi connectivity index (χ1) is 8.46. The topological polar surface area (TPSA) is 81.2 Å². The average molecular weight is 273 g/mol. The highest BCUT2D eigenvalue weighted by Crippen LogP contribution is 2.12. The van der Waals surface area contributed by atoms with Crippen LogP contribution in [0.25, 0.3) is 0 Å². The van der Waals surface area contributed by atoms with Gasteiger partial charge < -0.3 is 10.1 Å². The lowest BCUT2D eigenvalue weighted by Crippen LogP contribution is -2.18. The van der Waals surface area contributed by atoms with Gasteiger partial charge in [-0.15, -0.1) is 0 Å². The van der Waals surface area contributed by atoms with Gasteiger partial charge in [0.1, 0.15) is 11.6 Å². The summed E-state index contributed by atoms with van der Waals surface area (Å²) in [5.41, 5.74) is 0. The average Bonchev–Trinajstić information content (AvgIpc) is 2.28. The second kappa shape index (κ2) is 6.53. The highest BCUT2D eigenvalue weighted by Gasteiger charge is 2.07. The maximum absolute atomic E-state index is 11.3. The fourth-order valence-corrected chi connectivity index (χ4v) is 2.03. The van der Waals surface area contributed by atoms with Gasteiger partial charge in [-0.3, -0.25) is 0 Å². The largest absolute Gasteiger partial charge is 0.478 e. The molecule has 7 heteroatoms. The number of hydrogen-bond donors (Lipinski definition) is 1. The van der Waals surface area contributed by atoms with Crippen molar-refractivity contribution in [2.24, 2.45) is 0 Å². The molecular formula is C11H19N3O3S. The van der Waals surface area contributed by atoms with E-state index in [1.54, 1.807) is 19.9 Å². The number of rotatable bonds is 7. The van der Waals surface area contributed by atoms with Gasteiger partial charge in [0.2, 0.25) is 5.88 Å². The molecule has 0 spiro atoms. The number of hydrogen-bond acceptors (Lipinski definition) is 6. The molecule has 0 unspecified atom stereocenters. The third-order valence-corrected chi connectivity index (χ3v) is 3.97. The summed E-state index contributed by atoms with van der Waals surface area (Å²) in [5, 5.41) is 2.96. The zero-order valence-corrected chi connectivity index (χ0v) is 11.7. The molecule has 6 nitrogen and oxygen atoms in total. The van der Waals surface area contributed by atoms with Crippen LogP contribution < -0.4 is 10.1 Å². The van der Waals surface area contributed by atoms with Crippen LogP contribution in [0.5, 0.6) is 5.88 Å². The third-order valence-electron chi connectivity index (χ3n) is 2.27. The first-order valence-corrected chi connectivity index (χ1v) is 7.71. The molecule has 0 saturated heterocycles. The summed E-state index contributed by atoms with van der Waals surface area (Å²) in [5.74, 6) is 1.91. The van der Waals surface area contributed by atoms with E-state index in [9.17, 15) is 8.42 Å². The maximum atomic E-state index is 11.3. The number of aryl methyl sites for hydroxylation is 1. The van der Waals surface area contributed by atoms with Gasteiger partial charge in [-0.05, 0) is 13.8 Å². The molecule has 1 aromatic heterocycles. The van der Waals surface area contributed by atoms with Crippen molar-refractivity contribution >= 4 is 15.7 Å². The minimum absolute atomic E-state index is 0.0938. The van der Waals surface area contributed by atoms with E-state index in [2.05, 4.69) is 15.3 Å². The van der Waals surface area contributed by atoms with E-state index in [0.29, 0.717) is 30.7 Å². The summed E-state index contributed by atoms with van der Waals surface area (Å²) in [7, 11) is -2.96. The fourth-order valence-electron chi connectivity index (χ4n) is 1.33. The van der Waals surface area contributed by atoms with Crippen LogP contribution in [0.1, 0.15) is 19.7 Å². The van der Waals surface area contributed by atoms with Crippen molar-refractivity contribution in [2.75, 3.05) is 30.0 Å². The highest BCUT2D eigenvalue weighted by molar-refractivity contribution is 7.91. The summed E-state index contributed by atoms with van der Waals surface area (Å²) in [6.45, 7) is 6.13. The molecule has 0 aliphatic heterocycles. The van der Waals surface area contributed by atoms with E-state index in [0.717, 1.165) is 0 Å². The Bertz CT molecular complexity index is 488. The van der Waals surface area contributed by atoms with Crippen LogP contribution in [-0.4, -0.2) is 43.0 Å². The second-order valence-electron chi connectivity index (χ2n) is 3.73. The van der Waals surface area contributed by atoms with Crippen molar-refractivity contribution < 1.29 is 13.2 Å². The van der Waals surface area contributed by atoms with Crippen molar-refractivity contribution in [1.29, 1.82) is 0 Å². The Hall–Kier alpha value is -1.37. The van der Waals surface area contributed by atoms with E-state index in [1.165, 1.54) is 0 Å². The van der Waals surface area contributed by atoms with Gasteiger partial charge in [-0.25, -0.2) is 13.4 Å². The number of ether oxygens (including phenoxy) is 1. The van der Waals surface area contributed by atoms with E-state index in [1.807, 2.05) is 6.92 Å². The van der Waals surface area contributed by atoms with Crippen LogP contribution in [0.3, 0.4) is 0 Å². The van der Waals surface area contributed by atoms with Gasteiger partial charge in [0.25, 0.3) is 0 Å². The van der Waals surface area contributed by atoms with Crippen molar-refractivity contribution in [3.8, 4) is 5.88 Å². The van der Waals surface area contributed by atoms with Gasteiger partial charge in [0.05, 0.1) is 12.4 Å². The smallest absolute Gasteiger partial charge is 0.218 e. The number of aromatic nitrogens is 2. The van der Waals surface area contributed by atoms with Crippen LogP contribution in [0.4, 0.5) is 5.82 Å². The molecule has 0 saturated carbocycles. The van der Waals surface area contributed by atoms with Crippen LogP contribution >= 0.6 is 0 Å². The monoisotopic (exact) mass is 273 g/mol. The Kier molecular flexibility index (Phi) is 5.33. The molecule has 0 fully saturated rings. The van der Waals surface area contributed by atoms with Gasteiger partial charge in [-0.1, -0.05) is 6.92 Å². The molecule has 0 atom stereocenters. The molecular weight excluding hydrogens is 254 g/mol. The van der Waals surface area contributed by atoms with E-state index in [-0.39, 0.29) is 11.5 Å². The van der Waals surface area contributed by atoms with Crippen LogP contribution in [-0.2, 0) is 9.84 Å². The Morgan fingerprint density at radius 2 is 2.06 bits per heavy atom. The van der Waals surface area contributed by atoms with Crippen molar-refractivity contribution in [3.05, 3.63) is 11.9 Å². The van der Waals surface area contributed by atoms with Crippen LogP contribution in [0.2, 0.25) is 0 Å². The zero-order valence-electron chi connectivity index (χ0n) is 10.9. The van der Waals surface area contributed by atoms with E-state index < -0.39 is 9.84 Å². The second-order valence-corrected chi connectivity index (χ2v) is 6.21. The third kappa shape index (κ3) is 4.87. The summed E-state index contributed by atoms with van der Waals surface area (Å²) >= 11 is 0. The maximum Gasteiger partial charge on any atom is 0.218 e.